The molecule has 0 radical (unpaired) electrons. The van der Waals surface area contributed by atoms with Crippen molar-refractivity contribution in [2.24, 2.45) is 5.10 Å². The minimum atomic E-state index is 0.449. The van der Waals surface area contributed by atoms with E-state index >= 15 is 0 Å². The van der Waals surface area contributed by atoms with Crippen molar-refractivity contribution in [3.8, 4) is 0 Å². The summed E-state index contributed by atoms with van der Waals surface area (Å²) in [6, 6.07) is 13.9. The average molecular weight is 387 g/mol. The lowest BCUT2D eigenvalue weighted by Gasteiger charge is -2.06. The molecule has 1 aromatic heterocycles. The van der Waals surface area contributed by atoms with E-state index in [0.717, 1.165) is 26.6 Å². The smallest absolute Gasteiger partial charge is 0.191 e. The van der Waals surface area contributed by atoms with Gasteiger partial charge in [-0.1, -0.05) is 34.1 Å². The topological polar surface area (TPSA) is 52.2 Å². The van der Waals surface area contributed by atoms with Crippen LogP contribution in [0.25, 0.3) is 10.9 Å². The molecule has 3 aromatic rings. The van der Waals surface area contributed by atoms with Crippen LogP contribution in [0.3, 0.4) is 0 Å². The summed E-state index contributed by atoms with van der Waals surface area (Å²) in [4.78, 5) is 3.27. The molecule has 0 unspecified atom stereocenters. The molecule has 6 heteroatoms. The van der Waals surface area contributed by atoms with Gasteiger partial charge in [0.15, 0.2) is 5.11 Å². The van der Waals surface area contributed by atoms with Crippen LogP contribution in [-0.4, -0.2) is 16.3 Å². The van der Waals surface area contributed by atoms with Crippen molar-refractivity contribution in [2.45, 2.75) is 6.92 Å². The third kappa shape index (κ3) is 3.78. The van der Waals surface area contributed by atoms with Crippen LogP contribution in [0, 0.1) is 6.92 Å². The molecule has 1 heterocycles. The van der Waals surface area contributed by atoms with Gasteiger partial charge in [0.2, 0.25) is 0 Å². The zero-order chi connectivity index (χ0) is 16.2. The molecule has 0 aliphatic carbocycles. The van der Waals surface area contributed by atoms with E-state index in [9.17, 15) is 0 Å². The van der Waals surface area contributed by atoms with Crippen molar-refractivity contribution < 1.29 is 0 Å². The zero-order valence-corrected chi connectivity index (χ0v) is 14.8. The van der Waals surface area contributed by atoms with Gasteiger partial charge in [-0.25, -0.2) is 0 Å². The first-order valence-electron chi connectivity index (χ1n) is 7.06. The fraction of sp³-hybridized carbons (Fsp3) is 0.0588. The number of halogens is 1. The molecule has 23 heavy (non-hydrogen) atoms. The van der Waals surface area contributed by atoms with Gasteiger partial charge in [0, 0.05) is 32.8 Å². The SMILES string of the molecule is Cc1cc(Br)cc2c(/C=N/NC(=S)Nc3ccccc3)c[nH]c12. The fourth-order valence-corrected chi connectivity index (χ4v) is 3.08. The van der Waals surface area contributed by atoms with Crippen molar-refractivity contribution in [1.29, 1.82) is 0 Å². The number of hydrazone groups is 1. The summed E-state index contributed by atoms with van der Waals surface area (Å²) in [6.45, 7) is 2.07. The zero-order valence-electron chi connectivity index (χ0n) is 12.4. The molecule has 0 aliphatic heterocycles. The first-order valence-corrected chi connectivity index (χ1v) is 8.26. The maximum absolute atomic E-state index is 5.22. The highest BCUT2D eigenvalue weighted by Crippen LogP contribution is 2.25. The number of thiocarbonyl (C=S) groups is 1. The van der Waals surface area contributed by atoms with Crippen LogP contribution >= 0.6 is 28.1 Å². The Morgan fingerprint density at radius 2 is 2.04 bits per heavy atom. The Bertz CT molecular complexity index is 871. The molecule has 3 rings (SSSR count). The number of aromatic nitrogens is 1. The van der Waals surface area contributed by atoms with Crippen molar-refractivity contribution >= 4 is 56.1 Å². The first kappa shape index (κ1) is 15.7. The minimum absolute atomic E-state index is 0.449. The lowest BCUT2D eigenvalue weighted by Crippen LogP contribution is -2.23. The fourth-order valence-electron chi connectivity index (χ4n) is 2.34. The summed E-state index contributed by atoms with van der Waals surface area (Å²) >= 11 is 8.74. The maximum Gasteiger partial charge on any atom is 0.191 e. The van der Waals surface area contributed by atoms with Crippen LogP contribution in [0.4, 0.5) is 5.69 Å². The molecule has 0 amide bonds. The van der Waals surface area contributed by atoms with Crippen LogP contribution in [0.1, 0.15) is 11.1 Å². The lowest BCUT2D eigenvalue weighted by atomic mass is 10.1. The number of aromatic amines is 1. The number of anilines is 1. The molecule has 116 valence electrons. The Labute approximate surface area is 148 Å². The molecule has 0 atom stereocenters. The second-order valence-electron chi connectivity index (χ2n) is 5.08. The van der Waals surface area contributed by atoms with Crippen LogP contribution in [0.2, 0.25) is 0 Å². The number of nitrogens with zero attached hydrogens (tertiary/aromatic N) is 1. The summed E-state index contributed by atoms with van der Waals surface area (Å²) in [7, 11) is 0. The van der Waals surface area contributed by atoms with E-state index in [1.54, 1.807) is 6.21 Å². The lowest BCUT2D eigenvalue weighted by molar-refractivity contribution is 1.05. The number of aryl methyl sites for hydroxylation is 1. The number of hydrogen-bond donors (Lipinski definition) is 3. The number of fused-ring (bicyclic) bond motifs is 1. The van der Waals surface area contributed by atoms with E-state index in [1.807, 2.05) is 36.5 Å². The highest BCUT2D eigenvalue weighted by Gasteiger charge is 2.05. The second kappa shape index (κ2) is 6.93. The van der Waals surface area contributed by atoms with E-state index in [1.165, 1.54) is 5.56 Å². The molecule has 0 fully saturated rings. The number of benzene rings is 2. The maximum atomic E-state index is 5.22. The monoisotopic (exact) mass is 386 g/mol. The molecule has 4 nitrogen and oxygen atoms in total. The van der Waals surface area contributed by atoms with Crippen molar-refractivity contribution in [2.75, 3.05) is 5.32 Å². The van der Waals surface area contributed by atoms with Crippen LogP contribution in [0.5, 0.6) is 0 Å². The minimum Gasteiger partial charge on any atom is -0.360 e. The molecular formula is C17H15BrN4S. The number of para-hydroxylation sites is 1. The molecule has 3 N–H and O–H groups in total. The third-order valence-electron chi connectivity index (χ3n) is 3.38. The molecule has 2 aromatic carbocycles. The van der Waals surface area contributed by atoms with Gasteiger partial charge < -0.3 is 10.3 Å². The third-order valence-corrected chi connectivity index (χ3v) is 4.04. The van der Waals surface area contributed by atoms with Gasteiger partial charge in [-0.3, -0.25) is 5.43 Å². The average Bonchev–Trinajstić information content (AvgIpc) is 2.92. The predicted octanol–water partition coefficient (Wildman–Crippen LogP) is 4.56. The summed E-state index contributed by atoms with van der Waals surface area (Å²) in [5.74, 6) is 0. The van der Waals surface area contributed by atoms with Gasteiger partial charge in [0.05, 0.1) is 6.21 Å². The highest BCUT2D eigenvalue weighted by molar-refractivity contribution is 9.10. The Kier molecular flexibility index (Phi) is 4.73. The molecule has 0 aliphatic rings. The number of hydrogen-bond acceptors (Lipinski definition) is 2. The Balaban J connectivity index is 1.70. The normalized spacial score (nSPS) is 11.0. The number of rotatable bonds is 3. The second-order valence-corrected chi connectivity index (χ2v) is 6.40. The van der Waals surface area contributed by atoms with Crippen LogP contribution in [-0.2, 0) is 0 Å². The number of nitrogens with one attached hydrogen (secondary N) is 3. The Hall–Kier alpha value is -2.18. The van der Waals surface area contributed by atoms with E-state index < -0.39 is 0 Å². The van der Waals surface area contributed by atoms with E-state index in [2.05, 4.69) is 55.8 Å². The predicted molar refractivity (Wildman–Crippen MR) is 104 cm³/mol. The van der Waals surface area contributed by atoms with Gasteiger partial charge in [-0.15, -0.1) is 0 Å². The van der Waals surface area contributed by atoms with Gasteiger partial charge >= 0.3 is 0 Å². The molecule has 0 bridgehead atoms. The molecule has 0 spiro atoms. The summed E-state index contributed by atoms with van der Waals surface area (Å²) in [6.07, 6.45) is 3.69. The summed E-state index contributed by atoms with van der Waals surface area (Å²) in [5.41, 5.74) is 7.04. The molecular weight excluding hydrogens is 372 g/mol. The Morgan fingerprint density at radius 3 is 2.83 bits per heavy atom. The van der Waals surface area contributed by atoms with E-state index in [4.69, 9.17) is 12.2 Å². The summed E-state index contributed by atoms with van der Waals surface area (Å²) in [5, 5.41) is 8.84. The standard InChI is InChI=1S/C17H15BrN4S/c1-11-7-13(18)8-15-12(9-19-16(11)15)10-20-22-17(23)21-14-5-3-2-4-6-14/h2-10,19H,1H3,(H2,21,22,23)/b20-10+. The van der Waals surface area contributed by atoms with Crippen LogP contribution < -0.4 is 10.7 Å². The molecule has 0 saturated heterocycles. The summed E-state index contributed by atoms with van der Waals surface area (Å²) < 4.78 is 1.05. The quantitative estimate of drug-likeness (QED) is 0.351. The van der Waals surface area contributed by atoms with E-state index in [0.29, 0.717) is 5.11 Å². The Morgan fingerprint density at radius 1 is 1.26 bits per heavy atom. The first-order chi connectivity index (χ1) is 11.1. The van der Waals surface area contributed by atoms with Crippen molar-refractivity contribution in [3.63, 3.8) is 0 Å². The van der Waals surface area contributed by atoms with Gasteiger partial charge in [-0.05, 0) is 49.0 Å². The van der Waals surface area contributed by atoms with Crippen molar-refractivity contribution in [3.05, 3.63) is 64.3 Å². The largest absolute Gasteiger partial charge is 0.360 e. The van der Waals surface area contributed by atoms with Gasteiger partial charge in [0.1, 0.15) is 0 Å². The van der Waals surface area contributed by atoms with Crippen LogP contribution in [0.15, 0.2) is 58.2 Å². The van der Waals surface area contributed by atoms with Gasteiger partial charge in [0.25, 0.3) is 0 Å². The van der Waals surface area contributed by atoms with E-state index in [-0.39, 0.29) is 0 Å². The van der Waals surface area contributed by atoms with Gasteiger partial charge in [-0.2, -0.15) is 5.10 Å². The number of H-pyrrole nitrogens is 1. The van der Waals surface area contributed by atoms with Crippen molar-refractivity contribution in [1.82, 2.24) is 10.4 Å². The highest BCUT2D eigenvalue weighted by atomic mass is 79.9. The molecule has 0 saturated carbocycles.